The van der Waals surface area contributed by atoms with Gasteiger partial charge in [0.2, 0.25) is 0 Å². The van der Waals surface area contributed by atoms with Crippen LogP contribution in [0.4, 0.5) is 0 Å². The summed E-state index contributed by atoms with van der Waals surface area (Å²) in [6.07, 6.45) is 4.91. The van der Waals surface area contributed by atoms with Crippen molar-refractivity contribution >= 4 is 27.5 Å². The van der Waals surface area contributed by atoms with Crippen molar-refractivity contribution in [3.05, 3.63) is 28.2 Å². The highest BCUT2D eigenvalue weighted by atomic mass is 79.9. The van der Waals surface area contributed by atoms with Crippen LogP contribution >= 0.6 is 27.5 Å². The van der Waals surface area contributed by atoms with Crippen molar-refractivity contribution in [3.8, 4) is 5.75 Å². The third-order valence-electron chi connectivity index (χ3n) is 3.72. The Hall–Kier alpha value is -0.250. The minimum Gasteiger partial charge on any atom is -0.497 e. The van der Waals surface area contributed by atoms with Crippen molar-refractivity contribution in [2.24, 2.45) is 0 Å². The van der Waals surface area contributed by atoms with Gasteiger partial charge in [0.25, 0.3) is 0 Å². The van der Waals surface area contributed by atoms with E-state index in [9.17, 15) is 0 Å². The molecule has 0 bridgehead atoms. The van der Waals surface area contributed by atoms with Gasteiger partial charge in [-0.1, -0.05) is 28.8 Å². The maximum Gasteiger partial charge on any atom is 0.119 e. The number of hydrogen-bond acceptors (Lipinski definition) is 2. The summed E-state index contributed by atoms with van der Waals surface area (Å²) in [7, 11) is 1.69. The lowest BCUT2D eigenvalue weighted by molar-refractivity contribution is 0.366. The topological polar surface area (TPSA) is 21.3 Å². The first-order valence-corrected chi connectivity index (χ1v) is 7.65. The molecule has 1 saturated carbocycles. The molecule has 0 unspecified atom stereocenters. The van der Waals surface area contributed by atoms with E-state index in [2.05, 4.69) is 27.3 Å². The summed E-state index contributed by atoms with van der Waals surface area (Å²) in [4.78, 5) is 0. The molecule has 1 aromatic carbocycles. The molecule has 2 rings (SSSR count). The fourth-order valence-electron chi connectivity index (χ4n) is 2.51. The molecule has 0 atom stereocenters. The van der Waals surface area contributed by atoms with Crippen molar-refractivity contribution in [1.29, 1.82) is 0 Å². The highest BCUT2D eigenvalue weighted by Gasteiger charge is 2.32. The summed E-state index contributed by atoms with van der Waals surface area (Å²) >= 11 is 9.71. The molecule has 0 radical (unpaired) electrons. The van der Waals surface area contributed by atoms with Crippen LogP contribution in [-0.2, 0) is 6.54 Å². The Bertz CT molecular complexity index is 405. The number of benzene rings is 1. The molecule has 18 heavy (non-hydrogen) atoms. The van der Waals surface area contributed by atoms with Crippen LogP contribution in [0.15, 0.2) is 22.7 Å². The summed E-state index contributed by atoms with van der Waals surface area (Å²) < 4.78 is 6.37. The predicted molar refractivity (Wildman–Crippen MR) is 79.5 cm³/mol. The molecular weight excluding hydrogens is 314 g/mol. The fourth-order valence-corrected chi connectivity index (χ4v) is 3.25. The van der Waals surface area contributed by atoms with Crippen LogP contribution in [0.3, 0.4) is 0 Å². The van der Waals surface area contributed by atoms with Gasteiger partial charge in [0, 0.05) is 22.4 Å². The van der Waals surface area contributed by atoms with Crippen molar-refractivity contribution < 1.29 is 4.74 Å². The quantitative estimate of drug-likeness (QED) is 0.820. The zero-order valence-corrected chi connectivity index (χ0v) is 13.0. The Morgan fingerprint density at radius 2 is 2.11 bits per heavy atom. The summed E-state index contributed by atoms with van der Waals surface area (Å²) in [6.45, 7) is 0.824. The van der Waals surface area contributed by atoms with Gasteiger partial charge in [0.05, 0.1) is 7.11 Å². The second-order valence-electron chi connectivity index (χ2n) is 4.93. The summed E-state index contributed by atoms with van der Waals surface area (Å²) in [5.41, 5.74) is 1.34. The van der Waals surface area contributed by atoms with E-state index in [4.69, 9.17) is 16.3 Å². The van der Waals surface area contributed by atoms with E-state index in [0.717, 1.165) is 16.8 Å². The molecule has 0 aliphatic heterocycles. The van der Waals surface area contributed by atoms with Gasteiger partial charge in [-0.3, -0.25) is 0 Å². The van der Waals surface area contributed by atoms with E-state index >= 15 is 0 Å². The SMILES string of the molecule is COc1ccc(Br)c(CNC2(CCl)CCCC2)c1. The molecule has 100 valence electrons. The van der Waals surface area contributed by atoms with Gasteiger partial charge < -0.3 is 10.1 Å². The molecule has 0 amide bonds. The second kappa shape index (κ2) is 6.27. The molecule has 4 heteroatoms. The standard InChI is InChI=1S/C14H19BrClNO/c1-18-12-4-5-13(15)11(8-12)9-17-14(10-16)6-2-3-7-14/h4-5,8,17H,2-3,6-7,9-10H2,1H3. The molecule has 0 heterocycles. The van der Waals surface area contributed by atoms with E-state index in [1.54, 1.807) is 7.11 Å². The van der Waals surface area contributed by atoms with Crippen molar-refractivity contribution in [3.63, 3.8) is 0 Å². The minimum atomic E-state index is 0.129. The van der Waals surface area contributed by atoms with Gasteiger partial charge in [0.15, 0.2) is 0 Å². The van der Waals surface area contributed by atoms with Crippen LogP contribution in [0, 0.1) is 0 Å². The maximum absolute atomic E-state index is 6.13. The smallest absolute Gasteiger partial charge is 0.119 e. The summed E-state index contributed by atoms with van der Waals surface area (Å²) in [6, 6.07) is 6.05. The van der Waals surface area contributed by atoms with Crippen LogP contribution < -0.4 is 10.1 Å². The lowest BCUT2D eigenvalue weighted by Gasteiger charge is -2.28. The molecule has 1 aliphatic rings. The first-order chi connectivity index (χ1) is 8.69. The number of nitrogens with one attached hydrogen (secondary N) is 1. The largest absolute Gasteiger partial charge is 0.497 e. The molecule has 1 aliphatic carbocycles. The monoisotopic (exact) mass is 331 g/mol. The molecule has 2 nitrogen and oxygen atoms in total. The van der Waals surface area contributed by atoms with Crippen LogP contribution in [0.1, 0.15) is 31.2 Å². The molecule has 0 saturated heterocycles. The number of alkyl halides is 1. The normalized spacial score (nSPS) is 17.9. The van der Waals surface area contributed by atoms with Gasteiger partial charge in [0.1, 0.15) is 5.75 Å². The zero-order chi connectivity index (χ0) is 13.0. The third kappa shape index (κ3) is 3.19. The van der Waals surface area contributed by atoms with Crippen LogP contribution in [0.25, 0.3) is 0 Å². The van der Waals surface area contributed by atoms with Crippen LogP contribution in [0.2, 0.25) is 0 Å². The van der Waals surface area contributed by atoms with E-state index < -0.39 is 0 Å². The third-order valence-corrected chi connectivity index (χ3v) is 5.01. The predicted octanol–water partition coefficient (Wildman–Crippen LogP) is 4.10. The average molecular weight is 333 g/mol. The maximum atomic E-state index is 6.13. The highest BCUT2D eigenvalue weighted by molar-refractivity contribution is 9.10. The van der Waals surface area contributed by atoms with Gasteiger partial charge in [-0.25, -0.2) is 0 Å². The number of hydrogen-bond donors (Lipinski definition) is 1. The van der Waals surface area contributed by atoms with Gasteiger partial charge in [-0.2, -0.15) is 0 Å². The van der Waals surface area contributed by atoms with Crippen LogP contribution in [0.5, 0.6) is 5.75 Å². The van der Waals surface area contributed by atoms with E-state index in [1.165, 1.54) is 31.2 Å². The Morgan fingerprint density at radius 1 is 1.39 bits per heavy atom. The lowest BCUT2D eigenvalue weighted by Crippen LogP contribution is -2.43. The highest BCUT2D eigenvalue weighted by Crippen LogP contribution is 2.32. The summed E-state index contributed by atoms with van der Waals surface area (Å²) in [5, 5.41) is 3.64. The number of halogens is 2. The van der Waals surface area contributed by atoms with Crippen molar-refractivity contribution in [2.75, 3.05) is 13.0 Å². The van der Waals surface area contributed by atoms with Crippen molar-refractivity contribution in [2.45, 2.75) is 37.8 Å². The molecule has 0 aromatic heterocycles. The second-order valence-corrected chi connectivity index (χ2v) is 6.05. The van der Waals surface area contributed by atoms with Gasteiger partial charge >= 0.3 is 0 Å². The number of ether oxygens (including phenoxy) is 1. The zero-order valence-electron chi connectivity index (χ0n) is 10.6. The Kier molecular flexibility index (Phi) is 4.93. The average Bonchev–Trinajstić information content (AvgIpc) is 2.87. The Balaban J connectivity index is 2.05. The first-order valence-electron chi connectivity index (χ1n) is 6.32. The minimum absolute atomic E-state index is 0.129. The molecule has 1 aromatic rings. The van der Waals surface area contributed by atoms with E-state index in [0.29, 0.717) is 5.88 Å². The molecule has 0 spiro atoms. The Labute approximate surface area is 122 Å². The molecular formula is C14H19BrClNO. The Morgan fingerprint density at radius 3 is 2.72 bits per heavy atom. The van der Waals surface area contributed by atoms with Gasteiger partial charge in [-0.05, 0) is 36.6 Å². The first kappa shape index (κ1) is 14.2. The van der Waals surface area contributed by atoms with E-state index in [-0.39, 0.29) is 5.54 Å². The number of methoxy groups -OCH3 is 1. The van der Waals surface area contributed by atoms with Crippen LogP contribution in [-0.4, -0.2) is 18.5 Å². The fraction of sp³-hybridized carbons (Fsp3) is 0.571. The van der Waals surface area contributed by atoms with Crippen molar-refractivity contribution in [1.82, 2.24) is 5.32 Å². The summed E-state index contributed by atoms with van der Waals surface area (Å²) in [5.74, 6) is 1.58. The molecule has 1 N–H and O–H groups in total. The lowest BCUT2D eigenvalue weighted by atomic mass is 10.00. The van der Waals surface area contributed by atoms with Gasteiger partial charge in [-0.15, -0.1) is 11.6 Å². The number of rotatable bonds is 5. The van der Waals surface area contributed by atoms with E-state index in [1.807, 2.05) is 12.1 Å². The molecule has 1 fully saturated rings.